The first kappa shape index (κ1) is 14.1. The molecule has 20 heavy (non-hydrogen) atoms. The predicted octanol–water partition coefficient (Wildman–Crippen LogP) is 3.95. The number of aromatic hydroxyl groups is 1. The molecule has 0 heterocycles. The number of anilines is 1. The number of phenols is 1. The lowest BCUT2D eigenvalue weighted by Gasteiger charge is -2.09. The second kappa shape index (κ2) is 6.23. The number of halogens is 2. The van der Waals surface area contributed by atoms with Crippen LogP contribution in [0.15, 0.2) is 42.5 Å². The van der Waals surface area contributed by atoms with Gasteiger partial charge in [-0.2, -0.15) is 0 Å². The normalized spacial score (nSPS) is 10.6. The van der Waals surface area contributed by atoms with Crippen LogP contribution < -0.4 is 10.1 Å². The number of hydrogen-bond donors (Lipinski definition) is 2. The first-order valence-corrected chi connectivity index (χ1v) is 6.08. The van der Waals surface area contributed by atoms with E-state index in [1.54, 1.807) is 30.3 Å². The van der Waals surface area contributed by atoms with Crippen molar-refractivity contribution in [2.45, 2.75) is 13.0 Å². The van der Waals surface area contributed by atoms with E-state index in [1.165, 1.54) is 19.2 Å². The molecule has 0 aromatic heterocycles. The van der Waals surface area contributed by atoms with Crippen molar-refractivity contribution in [3.8, 4) is 11.5 Å². The molecular formula is C15H15F2NO2. The summed E-state index contributed by atoms with van der Waals surface area (Å²) in [5.74, 6) is 0.447. The molecule has 0 bridgehead atoms. The molecule has 106 valence electrons. The van der Waals surface area contributed by atoms with Crippen LogP contribution in [0.25, 0.3) is 0 Å². The van der Waals surface area contributed by atoms with E-state index in [4.69, 9.17) is 4.74 Å². The van der Waals surface area contributed by atoms with Gasteiger partial charge in [0.1, 0.15) is 0 Å². The van der Waals surface area contributed by atoms with E-state index in [2.05, 4.69) is 5.32 Å². The lowest BCUT2D eigenvalue weighted by Crippen LogP contribution is -1.99. The van der Waals surface area contributed by atoms with E-state index in [1.807, 2.05) is 0 Å². The minimum Gasteiger partial charge on any atom is -0.504 e. The van der Waals surface area contributed by atoms with Crippen molar-refractivity contribution in [2.24, 2.45) is 0 Å². The second-order valence-corrected chi connectivity index (χ2v) is 4.28. The summed E-state index contributed by atoms with van der Waals surface area (Å²) in [6, 6.07) is 11.1. The van der Waals surface area contributed by atoms with Gasteiger partial charge in [0.05, 0.1) is 7.11 Å². The Labute approximate surface area is 115 Å². The maximum Gasteiger partial charge on any atom is 0.263 e. The highest BCUT2D eigenvalue weighted by Crippen LogP contribution is 2.28. The van der Waals surface area contributed by atoms with Crippen molar-refractivity contribution in [3.05, 3.63) is 53.6 Å². The number of alkyl halides is 2. The van der Waals surface area contributed by atoms with Crippen LogP contribution in [0.2, 0.25) is 0 Å². The predicted molar refractivity (Wildman–Crippen MR) is 73.4 cm³/mol. The van der Waals surface area contributed by atoms with E-state index in [-0.39, 0.29) is 11.3 Å². The number of rotatable bonds is 5. The molecule has 0 aliphatic carbocycles. The smallest absolute Gasteiger partial charge is 0.263 e. The maximum absolute atomic E-state index is 12.4. The molecule has 0 saturated heterocycles. The molecule has 0 aliphatic heterocycles. The maximum atomic E-state index is 12.4. The molecule has 0 atom stereocenters. The van der Waals surface area contributed by atoms with E-state index >= 15 is 0 Å². The molecule has 2 aromatic rings. The van der Waals surface area contributed by atoms with E-state index in [0.717, 1.165) is 11.3 Å². The van der Waals surface area contributed by atoms with Gasteiger partial charge in [-0.1, -0.05) is 24.3 Å². The number of phenolic OH excluding ortho intramolecular Hbond substituents is 1. The van der Waals surface area contributed by atoms with Gasteiger partial charge in [-0.25, -0.2) is 8.78 Å². The Hall–Kier alpha value is -2.30. The minimum absolute atomic E-state index is 0.0100. The van der Waals surface area contributed by atoms with Gasteiger partial charge in [-0.15, -0.1) is 0 Å². The second-order valence-electron chi connectivity index (χ2n) is 4.28. The Kier molecular flexibility index (Phi) is 4.40. The highest BCUT2D eigenvalue weighted by molar-refractivity contribution is 5.54. The Morgan fingerprint density at radius 1 is 1.15 bits per heavy atom. The Morgan fingerprint density at radius 2 is 1.85 bits per heavy atom. The Morgan fingerprint density at radius 3 is 2.40 bits per heavy atom. The van der Waals surface area contributed by atoms with Crippen LogP contribution in [0, 0.1) is 0 Å². The van der Waals surface area contributed by atoms with Crippen LogP contribution >= 0.6 is 0 Å². The molecular weight excluding hydrogens is 264 g/mol. The molecule has 0 fully saturated rings. The molecule has 0 aliphatic rings. The largest absolute Gasteiger partial charge is 0.504 e. The average molecular weight is 279 g/mol. The van der Waals surface area contributed by atoms with Crippen LogP contribution in [0.4, 0.5) is 14.5 Å². The Balaban J connectivity index is 1.99. The van der Waals surface area contributed by atoms with Crippen molar-refractivity contribution in [2.75, 3.05) is 12.4 Å². The van der Waals surface area contributed by atoms with Gasteiger partial charge in [0, 0.05) is 23.9 Å². The van der Waals surface area contributed by atoms with Gasteiger partial charge >= 0.3 is 0 Å². The number of ether oxygens (including phenoxy) is 1. The average Bonchev–Trinajstić information content (AvgIpc) is 2.45. The quantitative estimate of drug-likeness (QED) is 0.870. The Bertz CT molecular complexity index is 571. The zero-order valence-corrected chi connectivity index (χ0v) is 10.9. The molecule has 2 rings (SSSR count). The zero-order valence-electron chi connectivity index (χ0n) is 10.9. The van der Waals surface area contributed by atoms with Gasteiger partial charge in [-0.05, 0) is 17.7 Å². The summed E-state index contributed by atoms with van der Waals surface area (Å²) < 4.78 is 29.8. The summed E-state index contributed by atoms with van der Waals surface area (Å²) in [7, 11) is 1.48. The van der Waals surface area contributed by atoms with Crippen molar-refractivity contribution in [3.63, 3.8) is 0 Å². The summed E-state index contributed by atoms with van der Waals surface area (Å²) in [5.41, 5.74) is 1.61. The van der Waals surface area contributed by atoms with Crippen molar-refractivity contribution < 1.29 is 18.6 Å². The molecule has 0 saturated carbocycles. The van der Waals surface area contributed by atoms with Crippen LogP contribution in [0.5, 0.6) is 11.5 Å². The van der Waals surface area contributed by atoms with Gasteiger partial charge < -0.3 is 15.2 Å². The van der Waals surface area contributed by atoms with Crippen molar-refractivity contribution in [1.82, 2.24) is 0 Å². The standard InChI is InChI=1S/C15H15F2NO2/c1-20-14-7-6-12(8-13(14)19)18-9-10-2-4-11(5-3-10)15(16)17/h2-8,15,18-19H,9H2,1H3. The fraction of sp³-hybridized carbons (Fsp3) is 0.200. The third kappa shape index (κ3) is 3.38. The summed E-state index contributed by atoms with van der Waals surface area (Å²) in [5, 5.41) is 12.7. The van der Waals surface area contributed by atoms with Crippen LogP contribution in [-0.4, -0.2) is 12.2 Å². The fourth-order valence-corrected chi connectivity index (χ4v) is 1.79. The monoisotopic (exact) mass is 279 g/mol. The molecule has 3 nitrogen and oxygen atoms in total. The van der Waals surface area contributed by atoms with Gasteiger partial charge in [0.15, 0.2) is 11.5 Å². The highest BCUT2D eigenvalue weighted by Gasteiger charge is 2.06. The van der Waals surface area contributed by atoms with Crippen LogP contribution in [0.1, 0.15) is 17.6 Å². The summed E-state index contributed by atoms with van der Waals surface area (Å²) >= 11 is 0. The molecule has 2 aromatic carbocycles. The van der Waals surface area contributed by atoms with Crippen molar-refractivity contribution >= 4 is 5.69 Å². The van der Waals surface area contributed by atoms with Crippen molar-refractivity contribution in [1.29, 1.82) is 0 Å². The zero-order chi connectivity index (χ0) is 14.5. The van der Waals surface area contributed by atoms with Gasteiger partial charge in [0.2, 0.25) is 0 Å². The number of methoxy groups -OCH3 is 1. The summed E-state index contributed by atoms with van der Waals surface area (Å²) in [6.45, 7) is 0.481. The number of benzene rings is 2. The molecule has 2 N–H and O–H groups in total. The SMILES string of the molecule is COc1ccc(NCc2ccc(C(F)F)cc2)cc1O. The van der Waals surface area contributed by atoms with E-state index in [0.29, 0.717) is 12.3 Å². The lowest BCUT2D eigenvalue weighted by atomic mass is 10.1. The molecule has 0 unspecified atom stereocenters. The third-order valence-corrected chi connectivity index (χ3v) is 2.91. The first-order chi connectivity index (χ1) is 9.60. The number of hydrogen-bond acceptors (Lipinski definition) is 3. The molecule has 5 heteroatoms. The molecule has 0 amide bonds. The summed E-state index contributed by atoms with van der Waals surface area (Å²) in [6.07, 6.45) is -2.45. The van der Waals surface area contributed by atoms with Gasteiger partial charge in [0.25, 0.3) is 6.43 Å². The topological polar surface area (TPSA) is 41.5 Å². The van der Waals surface area contributed by atoms with E-state index in [9.17, 15) is 13.9 Å². The fourth-order valence-electron chi connectivity index (χ4n) is 1.79. The minimum atomic E-state index is -2.45. The van der Waals surface area contributed by atoms with Crippen LogP contribution in [0.3, 0.4) is 0 Å². The molecule has 0 radical (unpaired) electrons. The summed E-state index contributed by atoms with van der Waals surface area (Å²) in [4.78, 5) is 0. The molecule has 0 spiro atoms. The van der Waals surface area contributed by atoms with E-state index < -0.39 is 6.43 Å². The first-order valence-electron chi connectivity index (χ1n) is 6.08. The third-order valence-electron chi connectivity index (χ3n) is 2.91. The number of nitrogens with one attached hydrogen (secondary N) is 1. The van der Waals surface area contributed by atoms with Crippen LogP contribution in [-0.2, 0) is 6.54 Å². The van der Waals surface area contributed by atoms with Gasteiger partial charge in [-0.3, -0.25) is 0 Å². The lowest BCUT2D eigenvalue weighted by molar-refractivity contribution is 0.151. The highest BCUT2D eigenvalue weighted by atomic mass is 19.3.